The maximum absolute atomic E-state index is 12.5. The first-order valence-corrected chi connectivity index (χ1v) is 9.13. The van der Waals surface area contributed by atoms with E-state index in [9.17, 15) is 9.90 Å². The maximum atomic E-state index is 12.5. The Morgan fingerprint density at radius 3 is 2.78 bits per heavy atom. The second-order valence-electron chi connectivity index (χ2n) is 6.75. The number of methoxy groups -OCH3 is 1. The number of aliphatic hydroxyl groups excluding tert-OH is 1. The van der Waals surface area contributed by atoms with E-state index >= 15 is 0 Å². The molecule has 0 radical (unpaired) electrons. The molecule has 0 aliphatic rings. The summed E-state index contributed by atoms with van der Waals surface area (Å²) < 4.78 is 6.88. The number of carbonyl (C=O) groups is 1. The van der Waals surface area contributed by atoms with Crippen LogP contribution >= 0.6 is 0 Å². The third-order valence-electron chi connectivity index (χ3n) is 4.68. The number of ether oxygens (including phenoxy) is 1. The molecule has 0 saturated carbocycles. The van der Waals surface area contributed by atoms with Crippen molar-refractivity contribution in [1.82, 2.24) is 14.8 Å². The summed E-state index contributed by atoms with van der Waals surface area (Å²) in [6, 6.07) is 11.9. The third-order valence-corrected chi connectivity index (χ3v) is 4.68. The fourth-order valence-electron chi connectivity index (χ4n) is 3.32. The molecule has 6 heteroatoms. The molecule has 27 heavy (non-hydrogen) atoms. The summed E-state index contributed by atoms with van der Waals surface area (Å²) in [4.78, 5) is 17.0. The number of aliphatic hydroxyl groups is 1. The zero-order valence-corrected chi connectivity index (χ0v) is 15.8. The molecule has 3 rings (SSSR count). The van der Waals surface area contributed by atoms with Gasteiger partial charge >= 0.3 is 0 Å². The van der Waals surface area contributed by atoms with Crippen LogP contribution in [0.3, 0.4) is 0 Å². The Bertz CT molecular complexity index is 906. The molecule has 1 aromatic carbocycles. The number of nitrogens with zero attached hydrogens (tertiary/aromatic N) is 3. The Morgan fingerprint density at radius 1 is 1.30 bits per heavy atom. The normalized spacial score (nSPS) is 12.4. The van der Waals surface area contributed by atoms with Crippen LogP contribution < -0.4 is 0 Å². The van der Waals surface area contributed by atoms with Crippen LogP contribution in [0.1, 0.15) is 36.2 Å². The Morgan fingerprint density at radius 2 is 2.07 bits per heavy atom. The van der Waals surface area contributed by atoms with Gasteiger partial charge in [0.2, 0.25) is 0 Å². The van der Waals surface area contributed by atoms with E-state index in [0.717, 1.165) is 16.5 Å². The summed E-state index contributed by atoms with van der Waals surface area (Å²) >= 11 is 0. The minimum absolute atomic E-state index is 0.133. The van der Waals surface area contributed by atoms with Crippen molar-refractivity contribution in [3.63, 3.8) is 0 Å². The molecule has 0 amide bonds. The zero-order chi connectivity index (χ0) is 19.2. The first-order valence-electron chi connectivity index (χ1n) is 9.13. The number of fused-ring (bicyclic) bond motifs is 1. The van der Waals surface area contributed by atoms with Gasteiger partial charge in [0.05, 0.1) is 37.2 Å². The number of hydrogen-bond acceptors (Lipinski definition) is 5. The molecule has 2 heterocycles. The highest BCUT2D eigenvalue weighted by molar-refractivity contribution is 5.85. The molecule has 0 spiro atoms. The van der Waals surface area contributed by atoms with Gasteiger partial charge in [-0.3, -0.25) is 14.5 Å². The van der Waals surface area contributed by atoms with Crippen LogP contribution in [0.15, 0.2) is 42.6 Å². The molecule has 0 aliphatic heterocycles. The van der Waals surface area contributed by atoms with E-state index < -0.39 is 0 Å². The van der Waals surface area contributed by atoms with Gasteiger partial charge in [-0.25, -0.2) is 0 Å². The number of aromatic nitrogens is 3. The summed E-state index contributed by atoms with van der Waals surface area (Å²) in [5.41, 5.74) is 3.16. The zero-order valence-electron chi connectivity index (χ0n) is 15.8. The molecule has 1 N–H and O–H groups in total. The average molecular weight is 367 g/mol. The predicted molar refractivity (Wildman–Crippen MR) is 104 cm³/mol. The molecule has 142 valence electrons. The fourth-order valence-corrected chi connectivity index (χ4v) is 3.32. The second kappa shape index (κ2) is 8.88. The van der Waals surface area contributed by atoms with Gasteiger partial charge in [-0.05, 0) is 17.5 Å². The van der Waals surface area contributed by atoms with Gasteiger partial charge in [-0.2, -0.15) is 5.10 Å². The van der Waals surface area contributed by atoms with Crippen molar-refractivity contribution in [2.75, 3.05) is 13.7 Å². The number of hydrogen-bond donors (Lipinski definition) is 1. The van der Waals surface area contributed by atoms with E-state index in [4.69, 9.17) is 4.74 Å². The number of rotatable bonds is 9. The summed E-state index contributed by atoms with van der Waals surface area (Å²) in [5, 5.41) is 15.0. The third kappa shape index (κ3) is 4.59. The maximum Gasteiger partial charge on any atom is 0.139 e. The van der Waals surface area contributed by atoms with Crippen LogP contribution in [0.25, 0.3) is 10.9 Å². The van der Waals surface area contributed by atoms with Crippen molar-refractivity contribution in [3.05, 3.63) is 59.5 Å². The molecule has 0 fully saturated rings. The van der Waals surface area contributed by atoms with Crippen molar-refractivity contribution in [1.29, 1.82) is 0 Å². The van der Waals surface area contributed by atoms with Crippen LogP contribution in [0, 0.1) is 0 Å². The number of carbonyl (C=O) groups excluding carboxylic acids is 1. The van der Waals surface area contributed by atoms with E-state index in [1.54, 1.807) is 18.0 Å². The number of ketones is 1. The molecule has 0 bridgehead atoms. The molecule has 1 atom stereocenters. The van der Waals surface area contributed by atoms with Crippen LogP contribution in [0.5, 0.6) is 0 Å². The lowest BCUT2D eigenvalue weighted by Crippen LogP contribution is -2.11. The minimum Gasteiger partial charge on any atom is -0.390 e. The molecule has 6 nitrogen and oxygen atoms in total. The Kier molecular flexibility index (Phi) is 6.32. The summed E-state index contributed by atoms with van der Waals surface area (Å²) in [6.07, 6.45) is 2.46. The molecule has 0 unspecified atom stereocenters. The quantitative estimate of drug-likeness (QED) is 0.629. The highest BCUT2D eigenvalue weighted by Gasteiger charge is 2.16. The lowest BCUT2D eigenvalue weighted by Gasteiger charge is -2.11. The second-order valence-corrected chi connectivity index (χ2v) is 6.75. The molecule has 0 aliphatic carbocycles. The molecule has 0 saturated heterocycles. The van der Waals surface area contributed by atoms with Gasteiger partial charge in [0, 0.05) is 31.0 Å². The Balaban J connectivity index is 1.75. The Hall–Kier alpha value is -2.57. The van der Waals surface area contributed by atoms with Gasteiger partial charge < -0.3 is 9.84 Å². The smallest absolute Gasteiger partial charge is 0.139 e. The lowest BCUT2D eigenvalue weighted by molar-refractivity contribution is -0.118. The van der Waals surface area contributed by atoms with Crippen molar-refractivity contribution in [2.24, 2.45) is 0 Å². The van der Waals surface area contributed by atoms with Crippen molar-refractivity contribution in [3.8, 4) is 0 Å². The monoisotopic (exact) mass is 367 g/mol. The van der Waals surface area contributed by atoms with Crippen LogP contribution in [0.4, 0.5) is 0 Å². The fraction of sp³-hybridized carbons (Fsp3) is 0.381. The van der Waals surface area contributed by atoms with Crippen LogP contribution in [-0.2, 0) is 29.1 Å². The lowest BCUT2D eigenvalue weighted by atomic mass is 9.94. The van der Waals surface area contributed by atoms with E-state index in [1.807, 2.05) is 36.4 Å². The van der Waals surface area contributed by atoms with Crippen LogP contribution in [0.2, 0.25) is 0 Å². The topological polar surface area (TPSA) is 77.2 Å². The van der Waals surface area contributed by atoms with E-state index in [2.05, 4.69) is 17.0 Å². The molecular formula is C21H25N3O3. The first-order chi connectivity index (χ1) is 13.1. The number of pyridine rings is 1. The van der Waals surface area contributed by atoms with Crippen molar-refractivity contribution < 1.29 is 14.6 Å². The minimum atomic E-state index is -0.197. The highest BCUT2D eigenvalue weighted by Crippen LogP contribution is 2.22. The van der Waals surface area contributed by atoms with E-state index in [-0.39, 0.29) is 24.7 Å². The predicted octanol–water partition coefficient (Wildman–Crippen LogP) is 2.88. The average Bonchev–Trinajstić information content (AvgIpc) is 3.09. The van der Waals surface area contributed by atoms with Crippen LogP contribution in [-0.4, -0.2) is 39.4 Å². The van der Waals surface area contributed by atoms with E-state index in [0.29, 0.717) is 31.0 Å². The van der Waals surface area contributed by atoms with Gasteiger partial charge in [-0.15, -0.1) is 0 Å². The SMILES string of the molecule is COCCn1ncc2cc(CC(=O)C[C@H](C)c3ccccc3)nc(CO)c21. The van der Waals surface area contributed by atoms with E-state index in [1.165, 1.54) is 0 Å². The number of benzene rings is 1. The largest absolute Gasteiger partial charge is 0.390 e. The molecule has 2 aromatic heterocycles. The summed E-state index contributed by atoms with van der Waals surface area (Å²) in [5.74, 6) is 0.297. The molecule has 3 aromatic rings. The number of Topliss-reactive ketones (excluding diaryl/α,β-unsaturated/α-hetero) is 1. The molecular weight excluding hydrogens is 342 g/mol. The highest BCUT2D eigenvalue weighted by atomic mass is 16.5. The standard InChI is InChI=1S/C21H25N3O3/c1-15(16-6-4-3-5-7-16)10-19(26)12-18-11-17-13-22-24(8-9-27-2)21(17)20(14-25)23-18/h3-7,11,13,15,25H,8-10,12,14H2,1-2H3/t15-/m0/s1. The van der Waals surface area contributed by atoms with Crippen molar-refractivity contribution in [2.45, 2.75) is 38.8 Å². The van der Waals surface area contributed by atoms with Gasteiger partial charge in [0.15, 0.2) is 0 Å². The first kappa shape index (κ1) is 19.2. The summed E-state index contributed by atoms with van der Waals surface area (Å²) in [6.45, 7) is 2.97. The van der Waals surface area contributed by atoms with Crippen molar-refractivity contribution >= 4 is 16.7 Å². The van der Waals surface area contributed by atoms with Gasteiger partial charge in [0.1, 0.15) is 5.78 Å². The van der Waals surface area contributed by atoms with Gasteiger partial charge in [0.25, 0.3) is 0 Å². The summed E-state index contributed by atoms with van der Waals surface area (Å²) in [7, 11) is 1.64. The van der Waals surface area contributed by atoms with Gasteiger partial charge in [-0.1, -0.05) is 37.3 Å². The Labute approximate surface area is 158 Å².